The number of ether oxygens (including phenoxy) is 1. The molecule has 0 aliphatic rings. The molecule has 3 aromatic heterocycles. The van der Waals surface area contributed by atoms with E-state index in [4.69, 9.17) is 25.8 Å². The first-order chi connectivity index (χ1) is 17.8. The van der Waals surface area contributed by atoms with Crippen molar-refractivity contribution in [3.8, 4) is 17.0 Å². The van der Waals surface area contributed by atoms with Gasteiger partial charge in [-0.1, -0.05) is 63.2 Å². The highest BCUT2D eigenvalue weighted by Gasteiger charge is 2.20. The Morgan fingerprint density at radius 2 is 1.86 bits per heavy atom. The molecule has 0 radical (unpaired) electrons. The summed E-state index contributed by atoms with van der Waals surface area (Å²) in [5.74, 6) is 2.32. The summed E-state index contributed by atoms with van der Waals surface area (Å²) in [6.45, 7) is 10.5. The molecule has 2 amide bonds. The van der Waals surface area contributed by atoms with E-state index < -0.39 is 6.03 Å². The van der Waals surface area contributed by atoms with Crippen LogP contribution in [0.2, 0.25) is 0 Å². The summed E-state index contributed by atoms with van der Waals surface area (Å²) in [5, 5.41) is 9.40. The smallest absolute Gasteiger partial charge is 0.324 e. The Bertz CT molecular complexity index is 1500. The van der Waals surface area contributed by atoms with Gasteiger partial charge in [0.2, 0.25) is 0 Å². The predicted molar refractivity (Wildman–Crippen MR) is 151 cm³/mol. The number of hydrogen-bond donors (Lipinski definition) is 2. The van der Waals surface area contributed by atoms with Crippen molar-refractivity contribution >= 4 is 55.7 Å². The molecule has 0 saturated carbocycles. The number of aromatic nitrogens is 3. The molecule has 0 saturated heterocycles. The summed E-state index contributed by atoms with van der Waals surface area (Å²) in [4.78, 5) is 18.0. The highest BCUT2D eigenvalue weighted by molar-refractivity contribution is 7.23. The van der Waals surface area contributed by atoms with E-state index in [0.717, 1.165) is 32.2 Å². The molecule has 37 heavy (non-hydrogen) atoms. The number of amides is 2. The van der Waals surface area contributed by atoms with Crippen LogP contribution in [0.3, 0.4) is 0 Å². The van der Waals surface area contributed by atoms with Crippen LogP contribution in [0.25, 0.3) is 26.4 Å². The monoisotopic (exact) mass is 539 g/mol. The van der Waals surface area contributed by atoms with Gasteiger partial charge in [0.05, 0.1) is 21.8 Å². The van der Waals surface area contributed by atoms with Crippen LogP contribution >= 0.6 is 22.9 Å². The number of urea groups is 1. The van der Waals surface area contributed by atoms with Gasteiger partial charge in [0.25, 0.3) is 0 Å². The van der Waals surface area contributed by atoms with Crippen molar-refractivity contribution in [1.82, 2.24) is 14.5 Å². The second-order valence-corrected chi connectivity index (χ2v) is 10.4. The quantitative estimate of drug-likeness (QED) is 0.215. The standard InChI is InChI=1S/C25H24ClN5O3S.C2H6/c1-25(2,3)21-13-22(30-34-21)29-23(32)27-16-6-4-15(5-7-16)18-14-31-19-9-8-17(33-11-10-26)12-20(19)35-24(31)28-18;1-2/h4-9,12-14H,10-11H2,1-3H3,(H2,27,29,30,32);1-2H3. The number of carbonyl (C=O) groups is 1. The van der Waals surface area contributed by atoms with Gasteiger partial charge in [-0.3, -0.25) is 9.72 Å². The van der Waals surface area contributed by atoms with E-state index >= 15 is 0 Å². The number of anilines is 2. The van der Waals surface area contributed by atoms with E-state index in [2.05, 4.69) is 20.2 Å². The number of nitrogens with one attached hydrogen (secondary N) is 2. The molecule has 0 aliphatic heterocycles. The molecule has 10 heteroatoms. The summed E-state index contributed by atoms with van der Waals surface area (Å²) in [6, 6.07) is 14.8. The van der Waals surface area contributed by atoms with E-state index in [1.54, 1.807) is 17.4 Å². The maximum absolute atomic E-state index is 12.4. The van der Waals surface area contributed by atoms with Gasteiger partial charge in [-0.2, -0.15) is 0 Å². The Morgan fingerprint density at radius 1 is 1.11 bits per heavy atom. The Kier molecular flexibility index (Phi) is 8.04. The fourth-order valence-electron chi connectivity index (χ4n) is 3.56. The zero-order valence-corrected chi connectivity index (χ0v) is 23.0. The number of carbonyl (C=O) groups excluding carboxylic acids is 1. The lowest BCUT2D eigenvalue weighted by atomic mass is 9.93. The van der Waals surface area contributed by atoms with Crippen molar-refractivity contribution < 1.29 is 14.1 Å². The van der Waals surface area contributed by atoms with Crippen LogP contribution in [0.15, 0.2) is 59.3 Å². The largest absolute Gasteiger partial charge is 0.492 e. The number of thiazole rings is 1. The number of fused-ring (bicyclic) bond motifs is 3. The molecule has 5 aromatic rings. The number of nitrogens with zero attached hydrogens (tertiary/aromatic N) is 3. The molecule has 3 heterocycles. The lowest BCUT2D eigenvalue weighted by Crippen LogP contribution is -2.19. The molecule has 0 spiro atoms. The maximum Gasteiger partial charge on any atom is 0.324 e. The molecule has 0 unspecified atom stereocenters. The Morgan fingerprint density at radius 3 is 2.54 bits per heavy atom. The number of benzene rings is 2. The van der Waals surface area contributed by atoms with Crippen LogP contribution in [0.5, 0.6) is 5.75 Å². The minimum absolute atomic E-state index is 0.186. The maximum atomic E-state index is 12.4. The van der Waals surface area contributed by atoms with Crippen molar-refractivity contribution in [2.45, 2.75) is 40.0 Å². The lowest BCUT2D eigenvalue weighted by Gasteiger charge is -2.12. The molecule has 2 aromatic carbocycles. The van der Waals surface area contributed by atoms with Crippen LogP contribution in [0, 0.1) is 0 Å². The van der Waals surface area contributed by atoms with Crippen LogP contribution in [0.4, 0.5) is 16.3 Å². The van der Waals surface area contributed by atoms with Crippen LogP contribution < -0.4 is 15.4 Å². The summed E-state index contributed by atoms with van der Waals surface area (Å²) in [6.07, 6.45) is 2.01. The van der Waals surface area contributed by atoms with E-state index in [-0.39, 0.29) is 5.41 Å². The summed E-state index contributed by atoms with van der Waals surface area (Å²) < 4.78 is 14.1. The van der Waals surface area contributed by atoms with Crippen molar-refractivity contribution in [2.24, 2.45) is 0 Å². The highest BCUT2D eigenvalue weighted by Crippen LogP contribution is 2.32. The fourth-order valence-corrected chi connectivity index (χ4v) is 4.67. The number of halogens is 1. The van der Waals surface area contributed by atoms with Gasteiger partial charge < -0.3 is 14.6 Å². The molecule has 194 valence electrons. The first kappa shape index (κ1) is 26.5. The normalized spacial score (nSPS) is 11.3. The fraction of sp³-hybridized carbons (Fsp3) is 0.296. The average molecular weight is 540 g/mol. The van der Waals surface area contributed by atoms with Gasteiger partial charge in [-0.25, -0.2) is 9.78 Å². The minimum Gasteiger partial charge on any atom is -0.492 e. The topological polar surface area (TPSA) is 93.7 Å². The first-order valence-electron chi connectivity index (χ1n) is 12.1. The second-order valence-electron chi connectivity index (χ2n) is 9.03. The lowest BCUT2D eigenvalue weighted by molar-refractivity contribution is 0.262. The minimum atomic E-state index is -0.394. The van der Waals surface area contributed by atoms with Gasteiger partial charge >= 0.3 is 6.03 Å². The molecule has 0 atom stereocenters. The molecule has 0 bridgehead atoms. The first-order valence-corrected chi connectivity index (χ1v) is 13.4. The van der Waals surface area contributed by atoms with Crippen LogP contribution in [0.1, 0.15) is 40.4 Å². The van der Waals surface area contributed by atoms with Gasteiger partial charge in [-0.15, -0.1) is 11.6 Å². The third-order valence-corrected chi connectivity index (χ3v) is 6.51. The average Bonchev–Trinajstić information content (AvgIpc) is 3.59. The zero-order chi connectivity index (χ0) is 26.6. The molecule has 8 nitrogen and oxygen atoms in total. The van der Waals surface area contributed by atoms with E-state index in [9.17, 15) is 4.79 Å². The highest BCUT2D eigenvalue weighted by atomic mass is 35.5. The Balaban J connectivity index is 0.00000156. The van der Waals surface area contributed by atoms with Gasteiger partial charge in [0, 0.05) is 28.9 Å². The molecule has 5 rings (SSSR count). The van der Waals surface area contributed by atoms with E-state index in [0.29, 0.717) is 29.8 Å². The molecular weight excluding hydrogens is 510 g/mol. The van der Waals surface area contributed by atoms with Gasteiger partial charge in [0.15, 0.2) is 10.8 Å². The number of imidazole rings is 1. The predicted octanol–water partition coefficient (Wildman–Crippen LogP) is 7.79. The SMILES string of the molecule is CC.CC(C)(C)c1cc(NC(=O)Nc2ccc(-c3cn4c(n3)sc3cc(OCCCl)ccc34)cc2)no1. The third-order valence-electron chi connectivity index (χ3n) is 5.34. The van der Waals surface area contributed by atoms with Gasteiger partial charge in [-0.05, 0) is 30.3 Å². The van der Waals surface area contributed by atoms with Crippen LogP contribution in [-0.4, -0.2) is 33.1 Å². The van der Waals surface area contributed by atoms with Crippen LogP contribution in [-0.2, 0) is 5.41 Å². The summed E-state index contributed by atoms with van der Waals surface area (Å²) in [5.41, 5.74) is 3.35. The van der Waals surface area contributed by atoms with E-state index in [1.165, 1.54) is 0 Å². The van der Waals surface area contributed by atoms with Crippen molar-refractivity contribution in [3.05, 3.63) is 60.5 Å². The second kappa shape index (κ2) is 11.2. The van der Waals surface area contributed by atoms with E-state index in [1.807, 2.05) is 83.3 Å². The summed E-state index contributed by atoms with van der Waals surface area (Å²) >= 11 is 7.31. The van der Waals surface area contributed by atoms with Crippen molar-refractivity contribution in [3.63, 3.8) is 0 Å². The molecule has 0 aliphatic carbocycles. The number of alkyl halides is 1. The Labute approximate surface area is 224 Å². The summed E-state index contributed by atoms with van der Waals surface area (Å²) in [7, 11) is 0. The molecule has 2 N–H and O–H groups in total. The van der Waals surface area contributed by atoms with Crippen molar-refractivity contribution in [1.29, 1.82) is 0 Å². The third kappa shape index (κ3) is 6.06. The Hall–Kier alpha value is -3.56. The number of rotatable bonds is 6. The molecular formula is C27H30ClN5O3S. The molecule has 0 fully saturated rings. The zero-order valence-electron chi connectivity index (χ0n) is 21.5. The van der Waals surface area contributed by atoms with Gasteiger partial charge in [0.1, 0.15) is 18.1 Å². The van der Waals surface area contributed by atoms with Crippen molar-refractivity contribution in [2.75, 3.05) is 23.1 Å². The number of hydrogen-bond acceptors (Lipinski definition) is 6.